The Kier molecular flexibility index (Phi) is 6.95. The van der Waals surface area contributed by atoms with Gasteiger partial charge >= 0.3 is 5.97 Å². The van der Waals surface area contributed by atoms with Gasteiger partial charge in [-0.2, -0.15) is 0 Å². The van der Waals surface area contributed by atoms with Crippen molar-refractivity contribution in [2.75, 3.05) is 0 Å². The molecule has 9 heteroatoms. The Hall–Kier alpha value is -4.66. The fourth-order valence-electron chi connectivity index (χ4n) is 5.11. The number of pyridine rings is 1. The van der Waals surface area contributed by atoms with Gasteiger partial charge in [-0.05, 0) is 79.8 Å². The van der Waals surface area contributed by atoms with Crippen LogP contribution in [-0.4, -0.2) is 25.6 Å². The van der Waals surface area contributed by atoms with Gasteiger partial charge < -0.3 is 14.4 Å². The van der Waals surface area contributed by atoms with E-state index in [9.17, 15) is 14.3 Å². The standard InChI is InChI=1S/C32H26F3N3O3/c1-18-8-9-20(24(33)12-18)17-41-31-7-3-6-27(37-31)23-16-25(34)21(13-26(23)35)15-30-36-28-11-10-19(32(39)40)14-29(28)38(30)22-4-2-5-22/h3,6-14,16,22H,2,4-5,15,17H2,1H3,(H,39,40). The number of carboxylic acid groups (broad SMARTS) is 1. The van der Waals surface area contributed by atoms with E-state index in [1.54, 1.807) is 49.4 Å². The highest BCUT2D eigenvalue weighted by Crippen LogP contribution is 2.37. The number of halogens is 3. The average molecular weight is 558 g/mol. The number of hydrogen-bond acceptors (Lipinski definition) is 4. The number of nitrogens with zero attached hydrogens (tertiary/aromatic N) is 3. The second-order valence-corrected chi connectivity index (χ2v) is 10.3. The fraction of sp³-hybridized carbons (Fsp3) is 0.219. The molecule has 6 nitrogen and oxygen atoms in total. The lowest BCUT2D eigenvalue weighted by Gasteiger charge is -2.29. The van der Waals surface area contributed by atoms with E-state index in [4.69, 9.17) is 4.74 Å². The van der Waals surface area contributed by atoms with Gasteiger partial charge in [0.1, 0.15) is 29.9 Å². The van der Waals surface area contributed by atoms with Crippen LogP contribution >= 0.6 is 0 Å². The molecular formula is C32H26F3N3O3. The first-order chi connectivity index (χ1) is 19.8. The summed E-state index contributed by atoms with van der Waals surface area (Å²) in [7, 11) is 0. The Morgan fingerprint density at radius 1 is 0.951 bits per heavy atom. The molecule has 0 unspecified atom stereocenters. The number of aromatic nitrogens is 3. The van der Waals surface area contributed by atoms with Crippen molar-refractivity contribution in [2.45, 2.75) is 45.3 Å². The van der Waals surface area contributed by atoms with E-state index in [2.05, 4.69) is 9.97 Å². The van der Waals surface area contributed by atoms with E-state index >= 15 is 8.78 Å². The third-order valence-electron chi connectivity index (χ3n) is 7.52. The summed E-state index contributed by atoms with van der Waals surface area (Å²) in [5, 5.41) is 9.44. The molecule has 2 heterocycles. The second-order valence-electron chi connectivity index (χ2n) is 10.3. The van der Waals surface area contributed by atoms with E-state index in [-0.39, 0.29) is 47.3 Å². The molecule has 3 aromatic carbocycles. The molecule has 41 heavy (non-hydrogen) atoms. The number of carboxylic acids is 1. The lowest BCUT2D eigenvalue weighted by molar-refractivity contribution is 0.0697. The molecule has 2 aromatic heterocycles. The summed E-state index contributed by atoms with van der Waals surface area (Å²) in [5.74, 6) is -2.00. The van der Waals surface area contributed by atoms with E-state index in [1.165, 1.54) is 12.1 Å². The molecule has 1 aliphatic carbocycles. The topological polar surface area (TPSA) is 77.2 Å². The number of aryl methyl sites for hydroxylation is 1. The highest BCUT2D eigenvalue weighted by molar-refractivity contribution is 5.92. The molecule has 208 valence electrons. The number of imidazole rings is 1. The van der Waals surface area contributed by atoms with Gasteiger partial charge in [0.05, 0.1) is 22.3 Å². The number of fused-ring (bicyclic) bond motifs is 1. The Labute approximate surface area is 234 Å². The van der Waals surface area contributed by atoms with Gasteiger partial charge in [-0.15, -0.1) is 0 Å². The molecule has 0 aliphatic heterocycles. The summed E-state index contributed by atoms with van der Waals surface area (Å²) >= 11 is 0. The largest absolute Gasteiger partial charge is 0.478 e. The lowest BCUT2D eigenvalue weighted by Crippen LogP contribution is -2.19. The summed E-state index contributed by atoms with van der Waals surface area (Å²) in [6, 6.07) is 16.7. The van der Waals surface area contributed by atoms with Crippen LogP contribution in [0.25, 0.3) is 22.3 Å². The molecule has 0 bridgehead atoms. The molecule has 0 saturated heterocycles. The monoisotopic (exact) mass is 557 g/mol. The quantitative estimate of drug-likeness (QED) is 0.215. The molecule has 0 spiro atoms. The molecule has 0 atom stereocenters. The van der Waals surface area contributed by atoms with Gasteiger partial charge in [0.15, 0.2) is 0 Å². The minimum absolute atomic E-state index is 0.0307. The Morgan fingerprint density at radius 2 is 1.76 bits per heavy atom. The van der Waals surface area contributed by atoms with E-state index in [0.717, 1.165) is 37.0 Å². The van der Waals surface area contributed by atoms with Crippen LogP contribution in [-0.2, 0) is 13.0 Å². The van der Waals surface area contributed by atoms with Crippen LogP contribution in [0.5, 0.6) is 5.88 Å². The maximum Gasteiger partial charge on any atom is 0.335 e. The summed E-state index contributed by atoms with van der Waals surface area (Å²) in [4.78, 5) is 20.5. The van der Waals surface area contributed by atoms with Crippen molar-refractivity contribution in [3.63, 3.8) is 0 Å². The van der Waals surface area contributed by atoms with Crippen molar-refractivity contribution in [1.29, 1.82) is 0 Å². The zero-order valence-electron chi connectivity index (χ0n) is 22.2. The minimum Gasteiger partial charge on any atom is -0.478 e. The number of hydrogen-bond donors (Lipinski definition) is 1. The van der Waals surface area contributed by atoms with Gasteiger partial charge in [0.25, 0.3) is 0 Å². The predicted molar refractivity (Wildman–Crippen MR) is 147 cm³/mol. The van der Waals surface area contributed by atoms with Crippen molar-refractivity contribution < 1.29 is 27.8 Å². The van der Waals surface area contributed by atoms with Crippen LogP contribution in [0.15, 0.2) is 66.7 Å². The minimum atomic E-state index is -1.04. The number of rotatable bonds is 8. The first kappa shape index (κ1) is 26.6. The van der Waals surface area contributed by atoms with Crippen LogP contribution in [0.4, 0.5) is 13.2 Å². The van der Waals surface area contributed by atoms with Gasteiger partial charge in [-0.1, -0.05) is 18.2 Å². The van der Waals surface area contributed by atoms with Crippen LogP contribution in [0.1, 0.15) is 58.2 Å². The SMILES string of the molecule is Cc1ccc(COc2cccc(-c3cc(F)c(Cc4nc5ccc(C(=O)O)cc5n4C4CCC4)cc3F)n2)c(F)c1. The molecule has 0 radical (unpaired) electrons. The zero-order chi connectivity index (χ0) is 28.7. The molecule has 1 fully saturated rings. The second kappa shape index (κ2) is 10.7. The van der Waals surface area contributed by atoms with Crippen LogP contribution < -0.4 is 4.74 Å². The van der Waals surface area contributed by atoms with Crippen LogP contribution in [0, 0.1) is 24.4 Å². The molecule has 0 amide bonds. The predicted octanol–water partition coefficient (Wildman–Crippen LogP) is 7.42. The lowest BCUT2D eigenvalue weighted by atomic mass is 9.92. The fourth-order valence-corrected chi connectivity index (χ4v) is 5.11. The summed E-state index contributed by atoms with van der Waals surface area (Å²) in [6.45, 7) is 1.73. The maximum atomic E-state index is 15.4. The Balaban J connectivity index is 1.28. The number of benzene rings is 3. The zero-order valence-corrected chi connectivity index (χ0v) is 22.2. The highest BCUT2D eigenvalue weighted by Gasteiger charge is 2.26. The number of aromatic carboxylic acids is 1. The first-order valence-corrected chi connectivity index (χ1v) is 13.3. The summed E-state index contributed by atoms with van der Waals surface area (Å²) < 4.78 is 52.6. The maximum absolute atomic E-state index is 15.4. The van der Waals surface area contributed by atoms with Crippen LogP contribution in [0.2, 0.25) is 0 Å². The highest BCUT2D eigenvalue weighted by atomic mass is 19.1. The molecule has 1 aliphatic rings. The number of ether oxygens (including phenoxy) is 1. The first-order valence-electron chi connectivity index (χ1n) is 13.3. The average Bonchev–Trinajstić information content (AvgIpc) is 3.26. The normalized spacial score (nSPS) is 13.4. The molecule has 5 aromatic rings. The van der Waals surface area contributed by atoms with Crippen LogP contribution in [0.3, 0.4) is 0 Å². The third-order valence-corrected chi connectivity index (χ3v) is 7.52. The summed E-state index contributed by atoms with van der Waals surface area (Å²) in [6.07, 6.45) is 2.89. The van der Waals surface area contributed by atoms with E-state index < -0.39 is 23.4 Å². The van der Waals surface area contributed by atoms with E-state index in [1.807, 2.05) is 4.57 Å². The van der Waals surface area contributed by atoms with Gasteiger partial charge in [-0.3, -0.25) is 0 Å². The Bertz CT molecular complexity index is 1800. The van der Waals surface area contributed by atoms with Crippen molar-refractivity contribution in [3.8, 4) is 17.1 Å². The van der Waals surface area contributed by atoms with Crippen molar-refractivity contribution in [3.05, 3.63) is 112 Å². The van der Waals surface area contributed by atoms with Crippen molar-refractivity contribution >= 4 is 17.0 Å². The van der Waals surface area contributed by atoms with Crippen molar-refractivity contribution in [1.82, 2.24) is 14.5 Å². The molecule has 1 saturated carbocycles. The number of carbonyl (C=O) groups is 1. The van der Waals surface area contributed by atoms with Gasteiger partial charge in [0, 0.05) is 29.7 Å². The van der Waals surface area contributed by atoms with Gasteiger partial charge in [-0.25, -0.2) is 27.9 Å². The van der Waals surface area contributed by atoms with Gasteiger partial charge in [0.2, 0.25) is 5.88 Å². The van der Waals surface area contributed by atoms with E-state index in [0.29, 0.717) is 22.4 Å². The van der Waals surface area contributed by atoms with Crippen molar-refractivity contribution in [2.24, 2.45) is 0 Å². The smallest absolute Gasteiger partial charge is 0.335 e. The Morgan fingerprint density at radius 3 is 2.49 bits per heavy atom. The summed E-state index contributed by atoms with van der Waals surface area (Å²) in [5.41, 5.74) is 2.86. The molecule has 1 N–H and O–H groups in total. The molecular weight excluding hydrogens is 531 g/mol. The molecule has 6 rings (SSSR count). The third kappa shape index (κ3) is 5.27.